The van der Waals surface area contributed by atoms with E-state index in [2.05, 4.69) is 4.98 Å². The molecule has 0 spiro atoms. The van der Waals surface area contributed by atoms with E-state index >= 15 is 0 Å². The molecule has 1 fully saturated rings. The molecule has 0 unspecified atom stereocenters. The van der Waals surface area contributed by atoms with Crippen molar-refractivity contribution < 1.29 is 13.2 Å². The molecule has 108 valence electrons. The maximum atomic E-state index is 13.1. The molecular formula is C14H15F3N2O. The van der Waals surface area contributed by atoms with Crippen LogP contribution in [0.2, 0.25) is 0 Å². The van der Waals surface area contributed by atoms with Gasteiger partial charge >= 0.3 is 11.9 Å². The summed E-state index contributed by atoms with van der Waals surface area (Å²) in [5.41, 5.74) is -0.921. The van der Waals surface area contributed by atoms with Crippen LogP contribution in [0, 0.1) is 0 Å². The Bertz CT molecular complexity index is 678. The quantitative estimate of drug-likeness (QED) is 0.848. The second-order valence-electron chi connectivity index (χ2n) is 5.29. The van der Waals surface area contributed by atoms with Crippen molar-refractivity contribution in [3.8, 4) is 0 Å². The van der Waals surface area contributed by atoms with Crippen molar-refractivity contribution in [2.45, 2.75) is 44.3 Å². The number of alkyl halides is 3. The topological polar surface area (TPSA) is 37.8 Å². The fraction of sp³-hybridized carbons (Fsp3) is 0.500. The van der Waals surface area contributed by atoms with Crippen LogP contribution in [-0.2, 0) is 6.18 Å². The van der Waals surface area contributed by atoms with E-state index in [0.29, 0.717) is 0 Å². The number of nitrogens with zero attached hydrogens (tertiary/aromatic N) is 1. The number of halogens is 3. The molecule has 6 heteroatoms. The molecule has 3 nitrogen and oxygen atoms in total. The van der Waals surface area contributed by atoms with Gasteiger partial charge in [-0.1, -0.05) is 25.3 Å². The fourth-order valence-corrected chi connectivity index (χ4v) is 3.10. The third kappa shape index (κ3) is 2.13. The van der Waals surface area contributed by atoms with Crippen molar-refractivity contribution >= 4 is 11.0 Å². The Labute approximate surface area is 113 Å². The molecule has 1 aromatic heterocycles. The Kier molecular flexibility index (Phi) is 3.11. The molecule has 0 radical (unpaired) electrons. The first kappa shape index (κ1) is 13.3. The van der Waals surface area contributed by atoms with Gasteiger partial charge in [0.1, 0.15) is 0 Å². The number of aromatic nitrogens is 2. The Hall–Kier alpha value is -1.72. The normalized spacial score (nSPS) is 17.8. The van der Waals surface area contributed by atoms with Crippen LogP contribution < -0.4 is 5.69 Å². The highest BCUT2D eigenvalue weighted by molar-refractivity contribution is 5.79. The van der Waals surface area contributed by atoms with E-state index in [1.165, 1.54) is 16.7 Å². The summed E-state index contributed by atoms with van der Waals surface area (Å²) in [7, 11) is 0. The summed E-state index contributed by atoms with van der Waals surface area (Å²) in [4.78, 5) is 14.6. The number of benzene rings is 1. The van der Waals surface area contributed by atoms with Gasteiger partial charge in [0, 0.05) is 6.04 Å². The summed E-state index contributed by atoms with van der Waals surface area (Å²) in [6.45, 7) is 0. The molecule has 2 aromatic rings. The summed E-state index contributed by atoms with van der Waals surface area (Å²) in [5, 5.41) is 0. The van der Waals surface area contributed by atoms with Gasteiger partial charge in [0.2, 0.25) is 0 Å². The number of para-hydroxylation sites is 1. The van der Waals surface area contributed by atoms with E-state index in [0.717, 1.165) is 38.2 Å². The minimum absolute atomic E-state index is 0.00287. The molecule has 1 aliphatic rings. The van der Waals surface area contributed by atoms with Crippen LogP contribution in [0.15, 0.2) is 23.0 Å². The number of nitrogens with one attached hydrogen (secondary N) is 1. The molecule has 0 bridgehead atoms. The summed E-state index contributed by atoms with van der Waals surface area (Å²) >= 11 is 0. The van der Waals surface area contributed by atoms with Crippen LogP contribution in [0.25, 0.3) is 11.0 Å². The van der Waals surface area contributed by atoms with Crippen LogP contribution in [0.3, 0.4) is 0 Å². The van der Waals surface area contributed by atoms with E-state index in [4.69, 9.17) is 0 Å². The average molecular weight is 284 g/mol. The van der Waals surface area contributed by atoms with Gasteiger partial charge in [0.25, 0.3) is 0 Å². The Morgan fingerprint density at radius 3 is 2.50 bits per heavy atom. The van der Waals surface area contributed by atoms with Gasteiger partial charge in [-0.15, -0.1) is 0 Å². The second kappa shape index (κ2) is 4.68. The lowest BCUT2D eigenvalue weighted by molar-refractivity contribution is -0.136. The highest BCUT2D eigenvalue weighted by Gasteiger charge is 2.35. The van der Waals surface area contributed by atoms with E-state index in [9.17, 15) is 18.0 Å². The molecular weight excluding hydrogens is 269 g/mol. The summed E-state index contributed by atoms with van der Waals surface area (Å²) in [6, 6.07) is 3.75. The second-order valence-corrected chi connectivity index (χ2v) is 5.29. The molecule has 1 aliphatic carbocycles. The standard InChI is InChI=1S/C14H15F3N2O/c15-14(16,17)10-7-4-8-11-12(10)19(13(20)18-11)9-5-2-1-3-6-9/h4,7-9H,1-3,5-6H2,(H,18,20). The Morgan fingerprint density at radius 1 is 1.15 bits per heavy atom. The highest BCUT2D eigenvalue weighted by Crippen LogP contribution is 2.36. The van der Waals surface area contributed by atoms with Gasteiger partial charge < -0.3 is 4.98 Å². The zero-order valence-corrected chi connectivity index (χ0v) is 10.8. The van der Waals surface area contributed by atoms with Crippen LogP contribution in [-0.4, -0.2) is 9.55 Å². The molecule has 1 N–H and O–H groups in total. The predicted molar refractivity (Wildman–Crippen MR) is 69.7 cm³/mol. The molecule has 0 atom stereocenters. The van der Waals surface area contributed by atoms with Crippen LogP contribution in [0.1, 0.15) is 43.7 Å². The first-order chi connectivity index (χ1) is 9.48. The van der Waals surface area contributed by atoms with Gasteiger partial charge in [0.05, 0.1) is 16.6 Å². The minimum atomic E-state index is -4.45. The molecule has 3 rings (SSSR count). The van der Waals surface area contributed by atoms with Crippen molar-refractivity contribution in [1.29, 1.82) is 0 Å². The van der Waals surface area contributed by atoms with Crippen molar-refractivity contribution in [3.63, 3.8) is 0 Å². The van der Waals surface area contributed by atoms with E-state index in [1.807, 2.05) is 0 Å². The maximum absolute atomic E-state index is 13.1. The van der Waals surface area contributed by atoms with Gasteiger partial charge in [-0.2, -0.15) is 13.2 Å². The number of aromatic amines is 1. The number of hydrogen-bond donors (Lipinski definition) is 1. The molecule has 1 heterocycles. The van der Waals surface area contributed by atoms with Crippen molar-refractivity contribution in [2.24, 2.45) is 0 Å². The Balaban J connectivity index is 2.25. The van der Waals surface area contributed by atoms with E-state index in [1.54, 1.807) is 0 Å². The number of rotatable bonds is 1. The van der Waals surface area contributed by atoms with Crippen molar-refractivity contribution in [3.05, 3.63) is 34.2 Å². The third-order valence-electron chi connectivity index (χ3n) is 3.98. The van der Waals surface area contributed by atoms with Crippen molar-refractivity contribution in [2.75, 3.05) is 0 Å². The van der Waals surface area contributed by atoms with Gasteiger partial charge in [-0.25, -0.2) is 4.79 Å². The first-order valence-corrected chi connectivity index (χ1v) is 6.79. The number of fused-ring (bicyclic) bond motifs is 1. The summed E-state index contributed by atoms with van der Waals surface area (Å²) in [6.07, 6.45) is 0.0678. The van der Waals surface area contributed by atoms with Crippen LogP contribution >= 0.6 is 0 Å². The lowest BCUT2D eigenvalue weighted by atomic mass is 9.95. The summed E-state index contributed by atoms with van der Waals surface area (Å²) in [5.74, 6) is 0. The lowest BCUT2D eigenvalue weighted by Gasteiger charge is -2.23. The zero-order valence-electron chi connectivity index (χ0n) is 10.8. The fourth-order valence-electron chi connectivity index (χ4n) is 3.10. The average Bonchev–Trinajstić information content (AvgIpc) is 2.74. The van der Waals surface area contributed by atoms with Gasteiger partial charge in [-0.3, -0.25) is 4.57 Å². The first-order valence-electron chi connectivity index (χ1n) is 6.79. The smallest absolute Gasteiger partial charge is 0.306 e. The van der Waals surface area contributed by atoms with Crippen molar-refractivity contribution in [1.82, 2.24) is 9.55 Å². The number of imidazole rings is 1. The molecule has 0 saturated heterocycles. The predicted octanol–water partition coefficient (Wildman–Crippen LogP) is 3.85. The van der Waals surface area contributed by atoms with Crippen LogP contribution in [0.5, 0.6) is 0 Å². The van der Waals surface area contributed by atoms with E-state index < -0.39 is 17.4 Å². The molecule has 0 amide bonds. The molecule has 1 aromatic carbocycles. The molecule has 20 heavy (non-hydrogen) atoms. The SMILES string of the molecule is O=c1[nH]c2cccc(C(F)(F)F)c2n1C1CCCCC1. The van der Waals surface area contributed by atoms with Gasteiger partial charge in [0.15, 0.2) is 0 Å². The Morgan fingerprint density at radius 2 is 1.85 bits per heavy atom. The number of H-pyrrole nitrogens is 1. The largest absolute Gasteiger partial charge is 0.418 e. The summed E-state index contributed by atoms with van der Waals surface area (Å²) < 4.78 is 40.8. The third-order valence-corrected chi connectivity index (χ3v) is 3.98. The molecule has 1 saturated carbocycles. The molecule has 0 aliphatic heterocycles. The van der Waals surface area contributed by atoms with Crippen LogP contribution in [0.4, 0.5) is 13.2 Å². The van der Waals surface area contributed by atoms with Gasteiger partial charge in [-0.05, 0) is 25.0 Å². The monoisotopic (exact) mass is 284 g/mol. The van der Waals surface area contributed by atoms with E-state index in [-0.39, 0.29) is 17.1 Å². The maximum Gasteiger partial charge on any atom is 0.418 e. The number of hydrogen-bond acceptors (Lipinski definition) is 1. The minimum Gasteiger partial charge on any atom is -0.306 e. The lowest BCUT2D eigenvalue weighted by Crippen LogP contribution is -2.25. The zero-order chi connectivity index (χ0) is 14.3. The highest BCUT2D eigenvalue weighted by atomic mass is 19.4.